The van der Waals surface area contributed by atoms with Crippen LogP contribution in [0.25, 0.3) is 0 Å². The van der Waals surface area contributed by atoms with Crippen molar-refractivity contribution in [3.05, 3.63) is 27.2 Å². The summed E-state index contributed by atoms with van der Waals surface area (Å²) in [6.07, 6.45) is 7.87. The number of hydrogen-bond donors (Lipinski definition) is 0. The zero-order chi connectivity index (χ0) is 19.4. The van der Waals surface area contributed by atoms with Crippen LogP contribution in [0.1, 0.15) is 64.7 Å². The second-order valence-corrected chi connectivity index (χ2v) is 7.18. The summed E-state index contributed by atoms with van der Waals surface area (Å²) in [5, 5.41) is 0.469. The third kappa shape index (κ3) is 9.11. The fraction of sp³-hybridized carbons (Fsp3) is 0.579. The van der Waals surface area contributed by atoms with Gasteiger partial charge >= 0.3 is 11.9 Å². The van der Waals surface area contributed by atoms with Crippen LogP contribution in [-0.4, -0.2) is 18.5 Å². The topological polar surface area (TPSA) is 52.6 Å². The average molecular weight is 424 g/mol. The lowest BCUT2D eigenvalue weighted by Gasteiger charge is -2.09. The summed E-state index contributed by atoms with van der Waals surface area (Å²) in [6.45, 7) is 2.57. The maximum absolute atomic E-state index is 11.8. The van der Waals surface area contributed by atoms with Crippen molar-refractivity contribution < 1.29 is 19.1 Å². The highest BCUT2D eigenvalue weighted by Gasteiger charge is 2.16. The SMILES string of the molecule is CCCCCCCCCOC(=O)CCC(=O)Oc1c(Cl)ccc(Cl)c1Cl. The van der Waals surface area contributed by atoms with E-state index in [9.17, 15) is 9.59 Å². The van der Waals surface area contributed by atoms with Crippen molar-refractivity contribution >= 4 is 46.7 Å². The molecule has 0 saturated carbocycles. The van der Waals surface area contributed by atoms with E-state index in [2.05, 4.69) is 6.92 Å². The van der Waals surface area contributed by atoms with Gasteiger partial charge in [-0.1, -0.05) is 80.3 Å². The predicted molar refractivity (Wildman–Crippen MR) is 105 cm³/mol. The van der Waals surface area contributed by atoms with Crippen molar-refractivity contribution in [3.8, 4) is 5.75 Å². The normalized spacial score (nSPS) is 10.6. The van der Waals surface area contributed by atoms with Crippen molar-refractivity contribution in [2.75, 3.05) is 6.61 Å². The van der Waals surface area contributed by atoms with Gasteiger partial charge in [0.25, 0.3) is 0 Å². The molecule has 0 bridgehead atoms. The lowest BCUT2D eigenvalue weighted by molar-refractivity contribution is -0.147. The Kier molecular flexibility index (Phi) is 11.7. The maximum atomic E-state index is 11.8. The lowest BCUT2D eigenvalue weighted by Crippen LogP contribution is -2.13. The molecule has 0 N–H and O–H groups in total. The van der Waals surface area contributed by atoms with E-state index in [1.807, 2.05) is 0 Å². The van der Waals surface area contributed by atoms with Gasteiger partial charge in [-0.2, -0.15) is 0 Å². The molecule has 0 radical (unpaired) electrons. The molecule has 0 amide bonds. The van der Waals surface area contributed by atoms with Crippen molar-refractivity contribution in [1.82, 2.24) is 0 Å². The van der Waals surface area contributed by atoms with Crippen molar-refractivity contribution in [2.24, 2.45) is 0 Å². The first-order valence-corrected chi connectivity index (χ1v) is 10.1. The molecular weight excluding hydrogens is 399 g/mol. The van der Waals surface area contributed by atoms with Crippen molar-refractivity contribution in [2.45, 2.75) is 64.7 Å². The first kappa shape index (κ1) is 23.1. The van der Waals surface area contributed by atoms with Gasteiger partial charge < -0.3 is 9.47 Å². The number of esters is 2. The predicted octanol–water partition coefficient (Wildman–Crippen LogP) is 6.63. The Hall–Kier alpha value is -0.970. The lowest BCUT2D eigenvalue weighted by atomic mass is 10.1. The number of carbonyl (C=O) groups excluding carboxylic acids is 2. The van der Waals surface area contributed by atoms with Gasteiger partial charge in [-0.3, -0.25) is 9.59 Å². The van der Waals surface area contributed by atoms with Crippen LogP contribution < -0.4 is 4.74 Å². The first-order valence-electron chi connectivity index (χ1n) is 8.95. The van der Waals surface area contributed by atoms with E-state index in [1.54, 1.807) is 0 Å². The van der Waals surface area contributed by atoms with Crippen LogP contribution in [0.15, 0.2) is 12.1 Å². The quantitative estimate of drug-likeness (QED) is 0.164. The van der Waals surface area contributed by atoms with E-state index < -0.39 is 11.9 Å². The molecule has 4 nitrogen and oxygen atoms in total. The van der Waals surface area contributed by atoms with Gasteiger partial charge in [0.05, 0.1) is 29.5 Å². The van der Waals surface area contributed by atoms with Crippen LogP contribution in [0, 0.1) is 0 Å². The molecule has 0 saturated heterocycles. The highest BCUT2D eigenvalue weighted by atomic mass is 35.5. The standard InChI is InChI=1S/C19H25Cl3O4/c1-2-3-4-5-6-7-8-13-25-16(23)11-12-17(24)26-19-15(21)10-9-14(20)18(19)22/h9-10H,2-8,11-13H2,1H3. The first-order chi connectivity index (χ1) is 12.5. The van der Waals surface area contributed by atoms with E-state index >= 15 is 0 Å². The fourth-order valence-corrected chi connectivity index (χ4v) is 2.88. The molecule has 0 unspecified atom stereocenters. The van der Waals surface area contributed by atoms with Gasteiger partial charge in [0.1, 0.15) is 5.02 Å². The van der Waals surface area contributed by atoms with Gasteiger partial charge in [0.2, 0.25) is 0 Å². The number of benzene rings is 1. The van der Waals surface area contributed by atoms with Gasteiger partial charge in [-0.25, -0.2) is 0 Å². The van der Waals surface area contributed by atoms with E-state index in [0.29, 0.717) is 6.61 Å². The van der Waals surface area contributed by atoms with E-state index in [1.165, 1.54) is 37.8 Å². The van der Waals surface area contributed by atoms with Gasteiger partial charge in [0.15, 0.2) is 5.75 Å². The van der Waals surface area contributed by atoms with Crippen LogP contribution in [0.4, 0.5) is 0 Å². The number of hydrogen-bond acceptors (Lipinski definition) is 4. The fourth-order valence-electron chi connectivity index (χ4n) is 2.29. The highest BCUT2D eigenvalue weighted by molar-refractivity contribution is 6.44. The summed E-state index contributed by atoms with van der Waals surface area (Å²) >= 11 is 17.8. The number of ether oxygens (including phenoxy) is 2. The molecule has 7 heteroatoms. The van der Waals surface area contributed by atoms with E-state index in [4.69, 9.17) is 44.3 Å². The largest absolute Gasteiger partial charge is 0.466 e. The molecule has 0 atom stereocenters. The molecule has 0 aliphatic carbocycles. The molecule has 26 heavy (non-hydrogen) atoms. The molecule has 0 fully saturated rings. The van der Waals surface area contributed by atoms with E-state index in [0.717, 1.165) is 19.3 Å². The van der Waals surface area contributed by atoms with Crippen LogP contribution in [0.2, 0.25) is 15.1 Å². The van der Waals surface area contributed by atoms with Crippen LogP contribution in [0.5, 0.6) is 5.75 Å². The molecule has 146 valence electrons. The smallest absolute Gasteiger partial charge is 0.311 e. The average Bonchev–Trinajstić information content (AvgIpc) is 2.62. The van der Waals surface area contributed by atoms with Gasteiger partial charge in [-0.15, -0.1) is 0 Å². The molecule has 0 aliphatic heterocycles. The Bertz CT molecular complexity index is 590. The Morgan fingerprint density at radius 3 is 2.12 bits per heavy atom. The third-order valence-electron chi connectivity index (χ3n) is 3.76. The van der Waals surface area contributed by atoms with Crippen LogP contribution in [-0.2, 0) is 14.3 Å². The minimum absolute atomic E-state index is 0.00211. The van der Waals surface area contributed by atoms with E-state index in [-0.39, 0.29) is 33.7 Å². The minimum atomic E-state index is -0.621. The minimum Gasteiger partial charge on any atom is -0.466 e. The summed E-state index contributed by atoms with van der Waals surface area (Å²) < 4.78 is 10.2. The summed E-state index contributed by atoms with van der Waals surface area (Å²) in [6, 6.07) is 2.99. The van der Waals surface area contributed by atoms with Crippen LogP contribution >= 0.6 is 34.8 Å². The summed E-state index contributed by atoms with van der Waals surface area (Å²) in [5.74, 6) is -1.04. The zero-order valence-electron chi connectivity index (χ0n) is 15.0. The third-order valence-corrected chi connectivity index (χ3v) is 4.85. The molecule has 1 aromatic carbocycles. The Labute approximate surface area is 170 Å². The van der Waals surface area contributed by atoms with Gasteiger partial charge in [0, 0.05) is 0 Å². The van der Waals surface area contributed by atoms with Crippen molar-refractivity contribution in [3.63, 3.8) is 0 Å². The Morgan fingerprint density at radius 1 is 0.846 bits per heavy atom. The number of halogens is 3. The Morgan fingerprint density at radius 2 is 1.42 bits per heavy atom. The second kappa shape index (κ2) is 13.2. The van der Waals surface area contributed by atoms with Gasteiger partial charge in [-0.05, 0) is 18.6 Å². The molecule has 0 heterocycles. The molecule has 0 aliphatic rings. The Balaban J connectivity index is 2.19. The monoisotopic (exact) mass is 422 g/mol. The van der Waals surface area contributed by atoms with Crippen LogP contribution in [0.3, 0.4) is 0 Å². The highest BCUT2D eigenvalue weighted by Crippen LogP contribution is 2.38. The summed E-state index contributed by atoms with van der Waals surface area (Å²) in [7, 11) is 0. The summed E-state index contributed by atoms with van der Waals surface area (Å²) in [5.41, 5.74) is 0. The molecule has 1 aromatic rings. The number of rotatable bonds is 12. The number of unbranched alkanes of at least 4 members (excludes halogenated alkanes) is 6. The molecule has 0 spiro atoms. The molecular formula is C19H25Cl3O4. The summed E-state index contributed by atoms with van der Waals surface area (Å²) in [4.78, 5) is 23.5. The zero-order valence-corrected chi connectivity index (χ0v) is 17.3. The molecule has 0 aromatic heterocycles. The maximum Gasteiger partial charge on any atom is 0.311 e. The molecule has 1 rings (SSSR count). The van der Waals surface area contributed by atoms with Crippen molar-refractivity contribution in [1.29, 1.82) is 0 Å². The number of carbonyl (C=O) groups is 2. The second-order valence-electron chi connectivity index (χ2n) is 5.99.